The molecule has 0 bridgehead atoms. The number of nitrogens with one attached hydrogen (secondary N) is 1. The molecular formula is C20H22ClN5O2. The molecule has 8 heteroatoms. The van der Waals surface area contributed by atoms with E-state index >= 15 is 0 Å². The summed E-state index contributed by atoms with van der Waals surface area (Å²) < 4.78 is 3.46. The van der Waals surface area contributed by atoms with E-state index in [-0.39, 0.29) is 11.5 Å². The maximum Gasteiger partial charge on any atom is 0.276 e. The molecule has 7 nitrogen and oxygen atoms in total. The van der Waals surface area contributed by atoms with Crippen molar-refractivity contribution in [2.45, 2.75) is 19.9 Å². The molecule has 1 N–H and O–H groups in total. The van der Waals surface area contributed by atoms with Gasteiger partial charge in [-0.2, -0.15) is 0 Å². The molecule has 0 atom stereocenters. The molecule has 3 heterocycles. The first-order chi connectivity index (χ1) is 13.6. The number of halogens is 1. The van der Waals surface area contributed by atoms with Crippen LogP contribution in [0.5, 0.6) is 0 Å². The van der Waals surface area contributed by atoms with Crippen LogP contribution in [-0.2, 0) is 6.54 Å². The Morgan fingerprint density at radius 3 is 2.79 bits per heavy atom. The summed E-state index contributed by atoms with van der Waals surface area (Å²) in [6.07, 6.45) is 5.87. The molecule has 1 aliphatic rings. The van der Waals surface area contributed by atoms with Gasteiger partial charge in [0.15, 0.2) is 0 Å². The van der Waals surface area contributed by atoms with E-state index in [4.69, 9.17) is 11.6 Å². The van der Waals surface area contributed by atoms with Crippen molar-refractivity contribution in [2.75, 3.05) is 26.2 Å². The summed E-state index contributed by atoms with van der Waals surface area (Å²) in [5.74, 6) is -0.0539. The Kier molecular flexibility index (Phi) is 5.19. The highest BCUT2D eigenvalue weighted by Gasteiger charge is 2.21. The summed E-state index contributed by atoms with van der Waals surface area (Å²) in [7, 11) is 0. The number of piperazine rings is 1. The van der Waals surface area contributed by atoms with Crippen LogP contribution in [0.4, 0.5) is 0 Å². The van der Waals surface area contributed by atoms with Crippen molar-refractivity contribution in [3.8, 4) is 11.3 Å². The number of carbonyl (C=O) groups excluding carboxylic acids is 1. The van der Waals surface area contributed by atoms with Crippen LogP contribution >= 0.6 is 11.6 Å². The minimum atomic E-state index is -0.0697. The Bertz CT molecular complexity index is 1080. The van der Waals surface area contributed by atoms with Gasteiger partial charge in [0.2, 0.25) is 0 Å². The molecule has 0 aliphatic carbocycles. The van der Waals surface area contributed by atoms with Gasteiger partial charge in [-0.1, -0.05) is 24.6 Å². The lowest BCUT2D eigenvalue weighted by atomic mass is 10.1. The monoisotopic (exact) mass is 399 g/mol. The van der Waals surface area contributed by atoms with Crippen LogP contribution in [-0.4, -0.2) is 50.9 Å². The third-order valence-electron chi connectivity index (χ3n) is 5.02. The van der Waals surface area contributed by atoms with E-state index in [2.05, 4.69) is 10.3 Å². The highest BCUT2D eigenvalue weighted by Crippen LogP contribution is 2.27. The van der Waals surface area contributed by atoms with E-state index in [1.807, 2.05) is 24.1 Å². The van der Waals surface area contributed by atoms with E-state index < -0.39 is 0 Å². The smallest absolute Gasteiger partial charge is 0.276 e. The molecule has 3 aromatic rings. The SMILES string of the molecule is CCCn1cc(-c2ccc(C(=O)N3CCNCC3)c(Cl)c2)n2cncc2c1=O. The first-order valence-corrected chi connectivity index (χ1v) is 9.83. The molecule has 1 aromatic carbocycles. The number of benzene rings is 1. The van der Waals surface area contributed by atoms with Crippen molar-refractivity contribution in [3.63, 3.8) is 0 Å². The fourth-order valence-electron chi connectivity index (χ4n) is 3.57. The first kappa shape index (κ1) is 18.7. The fourth-order valence-corrected chi connectivity index (χ4v) is 3.83. The topological polar surface area (TPSA) is 71.6 Å². The molecule has 4 rings (SSSR count). The van der Waals surface area contributed by atoms with Gasteiger partial charge in [0, 0.05) is 44.5 Å². The molecule has 2 aromatic heterocycles. The number of hydrogen-bond acceptors (Lipinski definition) is 4. The van der Waals surface area contributed by atoms with Crippen LogP contribution < -0.4 is 10.9 Å². The van der Waals surface area contributed by atoms with Crippen molar-refractivity contribution in [3.05, 3.63) is 57.9 Å². The second kappa shape index (κ2) is 7.77. The Labute approximate surface area is 167 Å². The van der Waals surface area contributed by atoms with Crippen molar-refractivity contribution >= 4 is 23.0 Å². The van der Waals surface area contributed by atoms with Crippen LogP contribution in [0.1, 0.15) is 23.7 Å². The normalized spacial score (nSPS) is 14.6. The average molecular weight is 400 g/mol. The second-order valence-electron chi connectivity index (χ2n) is 6.90. The van der Waals surface area contributed by atoms with Gasteiger partial charge in [-0.25, -0.2) is 4.98 Å². The molecule has 1 amide bonds. The van der Waals surface area contributed by atoms with Crippen molar-refractivity contribution in [1.82, 2.24) is 24.2 Å². The van der Waals surface area contributed by atoms with E-state index in [9.17, 15) is 9.59 Å². The van der Waals surface area contributed by atoms with Gasteiger partial charge >= 0.3 is 0 Å². The van der Waals surface area contributed by atoms with Gasteiger partial charge in [0.1, 0.15) is 5.52 Å². The number of hydrogen-bond donors (Lipinski definition) is 1. The van der Waals surface area contributed by atoms with Crippen molar-refractivity contribution in [2.24, 2.45) is 0 Å². The van der Waals surface area contributed by atoms with Crippen LogP contribution in [0.3, 0.4) is 0 Å². The number of rotatable bonds is 4. The predicted molar refractivity (Wildman–Crippen MR) is 109 cm³/mol. The number of nitrogens with zero attached hydrogens (tertiary/aromatic N) is 4. The zero-order valence-electron chi connectivity index (χ0n) is 15.7. The number of amides is 1. The summed E-state index contributed by atoms with van der Waals surface area (Å²) in [6.45, 7) is 5.59. The number of aryl methyl sites for hydroxylation is 1. The van der Waals surface area contributed by atoms with Gasteiger partial charge in [0.05, 0.1) is 28.8 Å². The van der Waals surface area contributed by atoms with Crippen molar-refractivity contribution < 1.29 is 4.79 Å². The maximum atomic E-state index is 12.8. The molecule has 28 heavy (non-hydrogen) atoms. The molecule has 0 saturated carbocycles. The molecular weight excluding hydrogens is 378 g/mol. The lowest BCUT2D eigenvalue weighted by molar-refractivity contribution is 0.0736. The lowest BCUT2D eigenvalue weighted by Gasteiger charge is -2.27. The Morgan fingerprint density at radius 2 is 2.07 bits per heavy atom. The summed E-state index contributed by atoms with van der Waals surface area (Å²) in [4.78, 5) is 31.3. The second-order valence-corrected chi connectivity index (χ2v) is 7.31. The van der Waals surface area contributed by atoms with Crippen molar-refractivity contribution in [1.29, 1.82) is 0 Å². The number of aromatic nitrogens is 3. The average Bonchev–Trinajstić information content (AvgIpc) is 3.21. The van der Waals surface area contributed by atoms with E-state index in [1.54, 1.807) is 33.6 Å². The van der Waals surface area contributed by atoms with Gasteiger partial charge in [-0.15, -0.1) is 0 Å². The molecule has 1 aliphatic heterocycles. The van der Waals surface area contributed by atoms with Gasteiger partial charge in [0.25, 0.3) is 11.5 Å². The predicted octanol–water partition coefficient (Wildman–Crippen LogP) is 2.27. The molecule has 146 valence electrons. The third kappa shape index (κ3) is 3.31. The first-order valence-electron chi connectivity index (χ1n) is 9.45. The number of fused-ring (bicyclic) bond motifs is 1. The molecule has 0 unspecified atom stereocenters. The molecule has 0 radical (unpaired) electrons. The lowest BCUT2D eigenvalue weighted by Crippen LogP contribution is -2.46. The summed E-state index contributed by atoms with van der Waals surface area (Å²) >= 11 is 6.49. The van der Waals surface area contributed by atoms with E-state index in [0.29, 0.717) is 35.7 Å². The molecule has 1 fully saturated rings. The standard InChI is InChI=1S/C20H22ClN5O2/c1-2-7-25-12-18(26-13-23-11-17(26)20(25)28)14-3-4-15(16(21)10-14)19(27)24-8-5-22-6-9-24/h3-4,10-13,22H,2,5-9H2,1H3. The quantitative estimate of drug-likeness (QED) is 0.730. The summed E-state index contributed by atoms with van der Waals surface area (Å²) in [5, 5.41) is 3.64. The zero-order chi connectivity index (χ0) is 19.7. The zero-order valence-corrected chi connectivity index (χ0v) is 16.4. The fraction of sp³-hybridized carbons (Fsp3) is 0.350. The maximum absolute atomic E-state index is 12.8. The minimum Gasteiger partial charge on any atom is -0.336 e. The van der Waals surface area contributed by atoms with Crippen LogP contribution in [0.25, 0.3) is 16.8 Å². The van der Waals surface area contributed by atoms with Gasteiger partial charge < -0.3 is 14.8 Å². The van der Waals surface area contributed by atoms with Gasteiger partial charge in [-0.05, 0) is 18.6 Å². The van der Waals surface area contributed by atoms with Crippen LogP contribution in [0, 0.1) is 0 Å². The largest absolute Gasteiger partial charge is 0.336 e. The highest BCUT2D eigenvalue weighted by atomic mass is 35.5. The minimum absolute atomic E-state index is 0.0539. The third-order valence-corrected chi connectivity index (χ3v) is 5.33. The van der Waals surface area contributed by atoms with Gasteiger partial charge in [-0.3, -0.25) is 14.0 Å². The number of carbonyl (C=O) groups is 1. The van der Waals surface area contributed by atoms with Crippen LogP contribution in [0.2, 0.25) is 5.02 Å². The Hall–Kier alpha value is -2.64. The molecule has 0 spiro atoms. The Morgan fingerprint density at radius 1 is 1.29 bits per heavy atom. The highest BCUT2D eigenvalue weighted by molar-refractivity contribution is 6.34. The number of imidazole rings is 1. The van der Waals surface area contributed by atoms with Crippen LogP contribution in [0.15, 0.2) is 41.7 Å². The Balaban J connectivity index is 1.75. The molecule has 1 saturated heterocycles. The summed E-state index contributed by atoms with van der Waals surface area (Å²) in [6, 6.07) is 5.42. The van der Waals surface area contributed by atoms with E-state index in [0.717, 1.165) is 30.8 Å². The summed E-state index contributed by atoms with van der Waals surface area (Å²) in [5.41, 5.74) is 2.58. The van der Waals surface area contributed by atoms with E-state index in [1.165, 1.54) is 0 Å².